The van der Waals surface area contributed by atoms with Gasteiger partial charge < -0.3 is 4.42 Å². The molecular weight excluding hydrogens is 292 g/mol. The second-order valence-electron chi connectivity index (χ2n) is 5.14. The summed E-state index contributed by atoms with van der Waals surface area (Å²) in [6, 6.07) is 11.5. The van der Waals surface area contributed by atoms with E-state index in [4.69, 9.17) is 9.68 Å². The smallest absolute Gasteiger partial charge is 0.285 e. The molecule has 114 valence electrons. The van der Waals surface area contributed by atoms with Gasteiger partial charge in [-0.2, -0.15) is 10.4 Å². The minimum Gasteiger partial charge on any atom is -0.439 e. The highest BCUT2D eigenvalue weighted by Gasteiger charge is 2.14. The molecule has 0 fully saturated rings. The van der Waals surface area contributed by atoms with Gasteiger partial charge in [-0.05, 0) is 19.4 Å². The molecule has 0 aliphatic carbocycles. The summed E-state index contributed by atoms with van der Waals surface area (Å²) in [7, 11) is 0. The summed E-state index contributed by atoms with van der Waals surface area (Å²) in [5.41, 5.74) is 1.81. The standard InChI is InChI=1S/C17H14N4O2/c1-11-12(2)20-21(17(22)14(11)8-18)10-16-19-9-15(23-16)13-6-4-3-5-7-13/h3-7,9H,10H2,1-2H3. The number of nitrogens with zero attached hydrogens (tertiary/aromatic N) is 4. The molecule has 0 spiro atoms. The highest BCUT2D eigenvalue weighted by atomic mass is 16.4. The van der Waals surface area contributed by atoms with Gasteiger partial charge in [0, 0.05) is 5.56 Å². The van der Waals surface area contributed by atoms with E-state index in [1.807, 2.05) is 36.4 Å². The average Bonchev–Trinajstić information content (AvgIpc) is 3.03. The lowest BCUT2D eigenvalue weighted by Crippen LogP contribution is -2.28. The number of nitriles is 1. The van der Waals surface area contributed by atoms with Gasteiger partial charge in [0.05, 0.1) is 11.9 Å². The van der Waals surface area contributed by atoms with Crippen LogP contribution in [0, 0.1) is 25.2 Å². The molecule has 23 heavy (non-hydrogen) atoms. The number of hydrogen-bond acceptors (Lipinski definition) is 5. The fourth-order valence-corrected chi connectivity index (χ4v) is 2.26. The van der Waals surface area contributed by atoms with E-state index < -0.39 is 5.56 Å². The van der Waals surface area contributed by atoms with Gasteiger partial charge in [-0.3, -0.25) is 4.79 Å². The van der Waals surface area contributed by atoms with E-state index in [0.29, 0.717) is 22.9 Å². The summed E-state index contributed by atoms with van der Waals surface area (Å²) >= 11 is 0. The Hall–Kier alpha value is -3.20. The summed E-state index contributed by atoms with van der Waals surface area (Å²) in [6.45, 7) is 3.56. The second kappa shape index (κ2) is 5.89. The highest BCUT2D eigenvalue weighted by Crippen LogP contribution is 2.19. The first-order valence-corrected chi connectivity index (χ1v) is 7.08. The van der Waals surface area contributed by atoms with Crippen molar-refractivity contribution in [1.29, 1.82) is 5.26 Å². The number of oxazole rings is 1. The van der Waals surface area contributed by atoms with Gasteiger partial charge in [0.15, 0.2) is 5.76 Å². The molecule has 0 atom stereocenters. The molecule has 1 aromatic carbocycles. The second-order valence-corrected chi connectivity index (χ2v) is 5.14. The minimum absolute atomic E-state index is 0.0848. The van der Waals surface area contributed by atoms with Gasteiger partial charge in [-0.25, -0.2) is 9.67 Å². The molecule has 0 aliphatic heterocycles. The fraction of sp³-hybridized carbons (Fsp3) is 0.176. The lowest BCUT2D eigenvalue weighted by molar-refractivity contribution is 0.463. The van der Waals surface area contributed by atoms with Crippen LogP contribution in [0.1, 0.15) is 22.7 Å². The summed E-state index contributed by atoms with van der Waals surface area (Å²) in [4.78, 5) is 16.4. The van der Waals surface area contributed by atoms with Gasteiger partial charge in [-0.15, -0.1) is 0 Å². The van der Waals surface area contributed by atoms with Crippen molar-refractivity contribution >= 4 is 0 Å². The maximum absolute atomic E-state index is 12.3. The molecule has 0 saturated heterocycles. The number of aromatic nitrogens is 3. The van der Waals surface area contributed by atoms with Crippen molar-refractivity contribution in [1.82, 2.24) is 14.8 Å². The number of rotatable bonds is 3. The van der Waals surface area contributed by atoms with Crippen molar-refractivity contribution in [3.05, 3.63) is 69.6 Å². The van der Waals surface area contributed by atoms with Crippen molar-refractivity contribution in [3.8, 4) is 17.4 Å². The van der Waals surface area contributed by atoms with Crippen LogP contribution in [0.3, 0.4) is 0 Å². The van der Waals surface area contributed by atoms with E-state index >= 15 is 0 Å². The summed E-state index contributed by atoms with van der Waals surface area (Å²) in [6.07, 6.45) is 1.61. The zero-order valence-corrected chi connectivity index (χ0v) is 12.8. The zero-order valence-electron chi connectivity index (χ0n) is 12.8. The van der Waals surface area contributed by atoms with Crippen molar-refractivity contribution in [3.63, 3.8) is 0 Å². The van der Waals surface area contributed by atoms with Crippen molar-refractivity contribution in [2.45, 2.75) is 20.4 Å². The van der Waals surface area contributed by atoms with Crippen LogP contribution >= 0.6 is 0 Å². The van der Waals surface area contributed by atoms with E-state index in [0.717, 1.165) is 5.56 Å². The first-order valence-electron chi connectivity index (χ1n) is 7.08. The molecule has 2 heterocycles. The molecule has 0 aliphatic rings. The van der Waals surface area contributed by atoms with Crippen LogP contribution in [0.25, 0.3) is 11.3 Å². The number of hydrogen-bond donors (Lipinski definition) is 0. The van der Waals surface area contributed by atoms with E-state index in [9.17, 15) is 4.79 Å². The minimum atomic E-state index is -0.435. The fourth-order valence-electron chi connectivity index (χ4n) is 2.26. The SMILES string of the molecule is Cc1nn(Cc2ncc(-c3ccccc3)o2)c(=O)c(C#N)c1C. The molecular formula is C17H14N4O2. The average molecular weight is 306 g/mol. The summed E-state index contributed by atoms with van der Waals surface area (Å²) in [5, 5.41) is 13.3. The Kier molecular flexibility index (Phi) is 3.77. The molecule has 0 bridgehead atoms. The summed E-state index contributed by atoms with van der Waals surface area (Å²) in [5.74, 6) is 0.989. The largest absolute Gasteiger partial charge is 0.439 e. The quantitative estimate of drug-likeness (QED) is 0.742. The van der Waals surface area contributed by atoms with Gasteiger partial charge in [0.1, 0.15) is 18.2 Å². The van der Waals surface area contributed by atoms with E-state index in [1.54, 1.807) is 20.0 Å². The van der Waals surface area contributed by atoms with E-state index in [1.165, 1.54) is 4.68 Å². The van der Waals surface area contributed by atoms with Crippen molar-refractivity contribution in [2.24, 2.45) is 0 Å². The van der Waals surface area contributed by atoms with Crippen LogP contribution in [0.4, 0.5) is 0 Å². The lowest BCUT2D eigenvalue weighted by atomic mass is 10.1. The Morgan fingerprint density at radius 3 is 2.70 bits per heavy atom. The van der Waals surface area contributed by atoms with Gasteiger partial charge >= 0.3 is 0 Å². The molecule has 0 saturated carbocycles. The third kappa shape index (κ3) is 2.77. The Morgan fingerprint density at radius 1 is 1.26 bits per heavy atom. The first kappa shape index (κ1) is 14.7. The summed E-state index contributed by atoms with van der Waals surface area (Å²) < 4.78 is 6.89. The number of aryl methyl sites for hydroxylation is 1. The molecule has 0 unspecified atom stereocenters. The monoisotopic (exact) mass is 306 g/mol. The lowest BCUT2D eigenvalue weighted by Gasteiger charge is -2.06. The van der Waals surface area contributed by atoms with Crippen LogP contribution in [0.15, 0.2) is 45.7 Å². The van der Waals surface area contributed by atoms with E-state index in [-0.39, 0.29) is 12.1 Å². The Bertz CT molecular complexity index is 949. The normalized spacial score (nSPS) is 10.5. The van der Waals surface area contributed by atoms with Crippen molar-refractivity contribution < 1.29 is 4.42 Å². The maximum atomic E-state index is 12.3. The molecule has 0 amide bonds. The maximum Gasteiger partial charge on any atom is 0.285 e. The van der Waals surface area contributed by atoms with Crippen LogP contribution < -0.4 is 5.56 Å². The Balaban J connectivity index is 1.95. The molecule has 2 aromatic heterocycles. The van der Waals surface area contributed by atoms with Gasteiger partial charge in [0.2, 0.25) is 5.89 Å². The van der Waals surface area contributed by atoms with Crippen LogP contribution in [0.2, 0.25) is 0 Å². The molecule has 0 N–H and O–H groups in total. The molecule has 0 radical (unpaired) electrons. The molecule has 3 rings (SSSR count). The molecule has 6 heteroatoms. The Labute approximate surface area is 132 Å². The molecule has 6 nitrogen and oxygen atoms in total. The number of benzene rings is 1. The highest BCUT2D eigenvalue weighted by molar-refractivity contribution is 5.55. The predicted molar refractivity (Wildman–Crippen MR) is 83.7 cm³/mol. The van der Waals surface area contributed by atoms with Crippen LogP contribution in [-0.4, -0.2) is 14.8 Å². The van der Waals surface area contributed by atoms with Crippen LogP contribution in [0.5, 0.6) is 0 Å². The zero-order chi connectivity index (χ0) is 16.4. The van der Waals surface area contributed by atoms with Gasteiger partial charge in [-0.1, -0.05) is 30.3 Å². The Morgan fingerprint density at radius 2 is 2.00 bits per heavy atom. The first-order chi connectivity index (χ1) is 11.1. The van der Waals surface area contributed by atoms with Crippen molar-refractivity contribution in [2.75, 3.05) is 0 Å². The van der Waals surface area contributed by atoms with E-state index in [2.05, 4.69) is 10.1 Å². The van der Waals surface area contributed by atoms with Gasteiger partial charge in [0.25, 0.3) is 5.56 Å². The predicted octanol–water partition coefficient (Wildman–Crippen LogP) is 2.44. The topological polar surface area (TPSA) is 84.7 Å². The van der Waals surface area contributed by atoms with Crippen LogP contribution in [-0.2, 0) is 6.54 Å². The third-order valence-electron chi connectivity index (χ3n) is 3.65. The molecule has 3 aromatic rings. The third-order valence-corrected chi connectivity index (χ3v) is 3.65.